The molecule has 2 amide bonds. The van der Waals surface area contributed by atoms with Gasteiger partial charge in [0.1, 0.15) is 5.82 Å². The third-order valence-electron chi connectivity index (χ3n) is 3.69. The molecule has 1 heterocycles. The zero-order valence-corrected chi connectivity index (χ0v) is 14.9. The molecule has 10 heteroatoms. The van der Waals surface area contributed by atoms with E-state index in [2.05, 4.69) is 15.7 Å². The predicted octanol–water partition coefficient (Wildman–Crippen LogP) is 5.39. The smallest absolute Gasteiger partial charge is 0.308 e. The van der Waals surface area contributed by atoms with Gasteiger partial charge >= 0.3 is 12.2 Å². The SMILES string of the molecule is O=C(Nc1cccc(C(F)(F)F)c1)Nc1cnn(Cc2ccc(F)cc2Cl)c1. The molecular weight excluding hydrogens is 400 g/mol. The first-order valence-electron chi connectivity index (χ1n) is 7.92. The van der Waals surface area contributed by atoms with Gasteiger partial charge in [0.2, 0.25) is 0 Å². The van der Waals surface area contributed by atoms with Gasteiger partial charge in [-0.15, -0.1) is 0 Å². The number of hydrogen-bond donors (Lipinski definition) is 2. The number of hydrogen-bond acceptors (Lipinski definition) is 2. The monoisotopic (exact) mass is 412 g/mol. The molecule has 0 radical (unpaired) electrons. The minimum absolute atomic E-state index is 0.00203. The molecule has 2 N–H and O–H groups in total. The van der Waals surface area contributed by atoms with Crippen LogP contribution in [0.3, 0.4) is 0 Å². The van der Waals surface area contributed by atoms with E-state index in [4.69, 9.17) is 11.6 Å². The fraction of sp³-hybridized carbons (Fsp3) is 0.111. The summed E-state index contributed by atoms with van der Waals surface area (Å²) in [4.78, 5) is 12.0. The van der Waals surface area contributed by atoms with Crippen LogP contribution >= 0.6 is 11.6 Å². The van der Waals surface area contributed by atoms with Gasteiger partial charge in [0, 0.05) is 16.9 Å². The van der Waals surface area contributed by atoms with E-state index in [1.807, 2.05) is 0 Å². The van der Waals surface area contributed by atoms with E-state index in [9.17, 15) is 22.4 Å². The molecule has 28 heavy (non-hydrogen) atoms. The number of anilines is 2. The second-order valence-electron chi connectivity index (χ2n) is 5.82. The number of halogens is 5. The lowest BCUT2D eigenvalue weighted by Crippen LogP contribution is -2.19. The lowest BCUT2D eigenvalue weighted by Gasteiger charge is -2.10. The molecule has 0 spiro atoms. The van der Waals surface area contributed by atoms with Gasteiger partial charge in [-0.05, 0) is 35.9 Å². The van der Waals surface area contributed by atoms with Crippen molar-refractivity contribution in [3.8, 4) is 0 Å². The molecule has 2 aromatic carbocycles. The molecule has 0 saturated heterocycles. The number of rotatable bonds is 4. The number of benzene rings is 2. The number of nitrogens with one attached hydrogen (secondary N) is 2. The summed E-state index contributed by atoms with van der Waals surface area (Å²) in [6.07, 6.45) is -1.63. The highest BCUT2D eigenvalue weighted by molar-refractivity contribution is 6.31. The minimum Gasteiger partial charge on any atom is -0.308 e. The zero-order chi connectivity index (χ0) is 20.3. The molecule has 1 aromatic heterocycles. The van der Waals surface area contributed by atoms with Gasteiger partial charge in [0.25, 0.3) is 0 Å². The van der Waals surface area contributed by atoms with Crippen LogP contribution in [0.5, 0.6) is 0 Å². The molecule has 5 nitrogen and oxygen atoms in total. The summed E-state index contributed by atoms with van der Waals surface area (Å²) in [6, 6.07) is 7.53. The Labute approximate surface area is 161 Å². The molecule has 146 valence electrons. The van der Waals surface area contributed by atoms with Crippen LogP contribution in [0, 0.1) is 5.82 Å². The molecule has 0 saturated carbocycles. The third-order valence-corrected chi connectivity index (χ3v) is 4.04. The van der Waals surface area contributed by atoms with Gasteiger partial charge in [0.15, 0.2) is 0 Å². The first kappa shape index (κ1) is 19.7. The van der Waals surface area contributed by atoms with Crippen LogP contribution in [0.25, 0.3) is 0 Å². The van der Waals surface area contributed by atoms with Crippen LogP contribution in [-0.4, -0.2) is 15.8 Å². The first-order valence-corrected chi connectivity index (χ1v) is 8.30. The summed E-state index contributed by atoms with van der Waals surface area (Å²) in [6.45, 7) is 0.246. The zero-order valence-electron chi connectivity index (χ0n) is 14.1. The van der Waals surface area contributed by atoms with Gasteiger partial charge < -0.3 is 10.6 Å². The quantitative estimate of drug-likeness (QED) is 0.565. The summed E-state index contributed by atoms with van der Waals surface area (Å²) >= 11 is 5.96. The third kappa shape index (κ3) is 5.01. The maximum absolute atomic E-state index is 13.1. The average molecular weight is 413 g/mol. The minimum atomic E-state index is -4.50. The predicted molar refractivity (Wildman–Crippen MR) is 96.8 cm³/mol. The standard InChI is InChI=1S/C18H13ClF4N4O/c19-16-7-13(20)5-4-11(16)9-27-10-15(8-24-27)26-17(28)25-14-3-1-2-12(6-14)18(21,22)23/h1-8,10H,9H2,(H2,25,26,28). The van der Waals surface area contributed by atoms with E-state index < -0.39 is 23.6 Å². The number of amides is 2. The number of carbonyl (C=O) groups is 1. The van der Waals surface area contributed by atoms with Gasteiger partial charge in [-0.3, -0.25) is 4.68 Å². The molecule has 0 aliphatic carbocycles. The Morgan fingerprint density at radius 2 is 1.86 bits per heavy atom. The highest BCUT2D eigenvalue weighted by Gasteiger charge is 2.30. The number of nitrogens with zero attached hydrogens (tertiary/aromatic N) is 2. The van der Waals surface area contributed by atoms with Crippen molar-refractivity contribution in [2.24, 2.45) is 0 Å². The van der Waals surface area contributed by atoms with Crippen molar-refractivity contribution < 1.29 is 22.4 Å². The highest BCUT2D eigenvalue weighted by Crippen LogP contribution is 2.30. The first-order chi connectivity index (χ1) is 13.2. The Kier molecular flexibility index (Phi) is 5.55. The molecule has 0 atom stereocenters. The molecule has 0 bridgehead atoms. The average Bonchev–Trinajstić information content (AvgIpc) is 3.03. The Morgan fingerprint density at radius 3 is 2.57 bits per heavy atom. The second-order valence-corrected chi connectivity index (χ2v) is 6.23. The highest BCUT2D eigenvalue weighted by atomic mass is 35.5. The van der Waals surface area contributed by atoms with Crippen LogP contribution in [-0.2, 0) is 12.7 Å². The van der Waals surface area contributed by atoms with Crippen LogP contribution < -0.4 is 10.6 Å². The van der Waals surface area contributed by atoms with E-state index in [1.54, 1.807) is 0 Å². The fourth-order valence-electron chi connectivity index (χ4n) is 2.41. The Hall–Kier alpha value is -3.07. The Balaban J connectivity index is 1.62. The van der Waals surface area contributed by atoms with Crippen LogP contribution in [0.15, 0.2) is 54.9 Å². The van der Waals surface area contributed by atoms with Crippen molar-refractivity contribution in [1.29, 1.82) is 0 Å². The van der Waals surface area contributed by atoms with Crippen molar-refractivity contribution in [3.05, 3.63) is 76.8 Å². The number of alkyl halides is 3. The van der Waals surface area contributed by atoms with Crippen molar-refractivity contribution in [3.63, 3.8) is 0 Å². The van der Waals surface area contributed by atoms with Crippen LogP contribution in [0.1, 0.15) is 11.1 Å². The maximum atomic E-state index is 13.1. The van der Waals surface area contributed by atoms with Gasteiger partial charge in [-0.25, -0.2) is 9.18 Å². The lowest BCUT2D eigenvalue weighted by atomic mass is 10.2. The summed E-state index contributed by atoms with van der Waals surface area (Å²) in [5.74, 6) is -0.456. The lowest BCUT2D eigenvalue weighted by molar-refractivity contribution is -0.137. The maximum Gasteiger partial charge on any atom is 0.416 e. The fourth-order valence-corrected chi connectivity index (χ4v) is 2.63. The van der Waals surface area contributed by atoms with E-state index in [0.717, 1.165) is 12.1 Å². The molecule has 3 rings (SSSR count). The molecule has 3 aromatic rings. The summed E-state index contributed by atoms with van der Waals surface area (Å²) in [5.41, 5.74) is 0.0842. The van der Waals surface area contributed by atoms with Crippen molar-refractivity contribution in [2.75, 3.05) is 10.6 Å². The second kappa shape index (κ2) is 7.89. The Morgan fingerprint density at radius 1 is 1.11 bits per heavy atom. The summed E-state index contributed by atoms with van der Waals surface area (Å²) in [7, 11) is 0. The number of carbonyl (C=O) groups excluding carboxylic acids is 1. The van der Waals surface area contributed by atoms with Crippen LogP contribution in [0.2, 0.25) is 5.02 Å². The summed E-state index contributed by atoms with van der Waals surface area (Å²) < 4.78 is 52.7. The topological polar surface area (TPSA) is 59.0 Å². The number of aromatic nitrogens is 2. The molecule has 0 fully saturated rings. The normalized spacial score (nSPS) is 11.3. The molecule has 0 aliphatic rings. The van der Waals surface area contributed by atoms with Gasteiger partial charge in [-0.2, -0.15) is 18.3 Å². The van der Waals surface area contributed by atoms with Crippen LogP contribution in [0.4, 0.5) is 33.7 Å². The van der Waals surface area contributed by atoms with Crippen molar-refractivity contribution in [1.82, 2.24) is 9.78 Å². The van der Waals surface area contributed by atoms with Gasteiger partial charge in [-0.1, -0.05) is 23.7 Å². The van der Waals surface area contributed by atoms with E-state index in [1.165, 1.54) is 47.4 Å². The summed E-state index contributed by atoms with van der Waals surface area (Å²) in [5, 5.41) is 9.10. The largest absolute Gasteiger partial charge is 0.416 e. The van der Waals surface area contributed by atoms with Crippen molar-refractivity contribution in [2.45, 2.75) is 12.7 Å². The van der Waals surface area contributed by atoms with Crippen molar-refractivity contribution >= 4 is 29.0 Å². The number of urea groups is 1. The Bertz CT molecular complexity index is 1000. The van der Waals surface area contributed by atoms with Gasteiger partial charge in [0.05, 0.1) is 24.0 Å². The van der Waals surface area contributed by atoms with E-state index in [-0.39, 0.29) is 17.3 Å². The van der Waals surface area contributed by atoms with E-state index in [0.29, 0.717) is 11.3 Å². The molecule has 0 unspecified atom stereocenters. The molecular formula is C18H13ClF4N4O. The molecule has 0 aliphatic heterocycles. The van der Waals surface area contributed by atoms with E-state index >= 15 is 0 Å².